The maximum absolute atomic E-state index is 13.8. The van der Waals surface area contributed by atoms with Gasteiger partial charge in [0.25, 0.3) is 11.5 Å². The number of aromatic nitrogens is 1. The summed E-state index contributed by atoms with van der Waals surface area (Å²) in [7, 11) is 0. The van der Waals surface area contributed by atoms with Crippen molar-refractivity contribution in [3.8, 4) is 0 Å². The molecule has 0 atom stereocenters. The van der Waals surface area contributed by atoms with E-state index in [2.05, 4.69) is 21.2 Å². The molecule has 4 nitrogen and oxygen atoms in total. The molecule has 3 aromatic rings. The predicted molar refractivity (Wildman–Crippen MR) is 98.3 cm³/mol. The maximum Gasteiger partial charge on any atom is 0.257 e. The van der Waals surface area contributed by atoms with Gasteiger partial charge in [0.2, 0.25) is 0 Å². The Bertz CT molecular complexity index is 985. The van der Waals surface area contributed by atoms with Gasteiger partial charge in [-0.25, -0.2) is 4.39 Å². The smallest absolute Gasteiger partial charge is 0.257 e. The maximum atomic E-state index is 13.8. The highest BCUT2D eigenvalue weighted by molar-refractivity contribution is 9.10. The molecule has 3 rings (SSSR count). The minimum Gasteiger partial charge on any atom is -0.322 e. The largest absolute Gasteiger partial charge is 0.322 e. The molecule has 2 aromatic carbocycles. The van der Waals surface area contributed by atoms with Crippen LogP contribution in [0.5, 0.6) is 0 Å². The average molecular weight is 401 g/mol. The number of hydrogen-bond donors (Lipinski definition) is 1. The second kappa shape index (κ2) is 7.44. The molecule has 1 amide bonds. The number of anilines is 1. The van der Waals surface area contributed by atoms with Crippen LogP contribution in [0.15, 0.2) is 76.1 Å². The first-order valence-electron chi connectivity index (χ1n) is 7.54. The zero-order chi connectivity index (χ0) is 17.8. The Morgan fingerprint density at radius 1 is 1.08 bits per heavy atom. The Morgan fingerprint density at radius 3 is 2.64 bits per heavy atom. The van der Waals surface area contributed by atoms with E-state index in [1.807, 2.05) is 6.07 Å². The first-order chi connectivity index (χ1) is 12.0. The molecule has 25 heavy (non-hydrogen) atoms. The highest BCUT2D eigenvalue weighted by atomic mass is 79.9. The number of pyridine rings is 1. The Balaban J connectivity index is 1.85. The van der Waals surface area contributed by atoms with Crippen LogP contribution in [-0.2, 0) is 6.54 Å². The molecule has 0 radical (unpaired) electrons. The van der Waals surface area contributed by atoms with Crippen LogP contribution in [-0.4, -0.2) is 10.5 Å². The lowest BCUT2D eigenvalue weighted by atomic mass is 10.2. The average Bonchev–Trinajstić information content (AvgIpc) is 2.58. The van der Waals surface area contributed by atoms with Crippen LogP contribution in [0.1, 0.15) is 15.9 Å². The van der Waals surface area contributed by atoms with E-state index in [1.54, 1.807) is 36.4 Å². The van der Waals surface area contributed by atoms with Gasteiger partial charge >= 0.3 is 0 Å². The predicted octanol–water partition coefficient (Wildman–Crippen LogP) is 4.05. The number of hydrogen-bond acceptors (Lipinski definition) is 2. The van der Waals surface area contributed by atoms with E-state index >= 15 is 0 Å². The summed E-state index contributed by atoms with van der Waals surface area (Å²) in [4.78, 5) is 24.4. The zero-order valence-electron chi connectivity index (χ0n) is 13.1. The Labute approximate surface area is 152 Å². The SMILES string of the molecule is O=C(Nc1cccc(Br)c1)c1ccc(=O)n(Cc2ccccc2F)c1. The van der Waals surface area contributed by atoms with Crippen molar-refractivity contribution in [2.45, 2.75) is 6.54 Å². The molecule has 1 aromatic heterocycles. The minimum absolute atomic E-state index is 0.0590. The lowest BCUT2D eigenvalue weighted by molar-refractivity contribution is 0.102. The second-order valence-electron chi connectivity index (χ2n) is 5.44. The first-order valence-corrected chi connectivity index (χ1v) is 8.33. The number of nitrogens with zero attached hydrogens (tertiary/aromatic N) is 1. The summed E-state index contributed by atoms with van der Waals surface area (Å²) in [6, 6.07) is 16.2. The molecule has 0 aliphatic rings. The molecule has 0 aliphatic carbocycles. The lowest BCUT2D eigenvalue weighted by Gasteiger charge is -2.10. The lowest BCUT2D eigenvalue weighted by Crippen LogP contribution is -2.23. The van der Waals surface area contributed by atoms with Crippen LogP contribution in [0, 0.1) is 5.82 Å². The quantitative estimate of drug-likeness (QED) is 0.717. The third-order valence-corrected chi connectivity index (χ3v) is 4.12. The van der Waals surface area contributed by atoms with Crippen molar-refractivity contribution < 1.29 is 9.18 Å². The van der Waals surface area contributed by atoms with E-state index in [0.29, 0.717) is 16.8 Å². The molecular formula is C19H14BrFN2O2. The molecular weight excluding hydrogens is 387 g/mol. The fraction of sp³-hybridized carbons (Fsp3) is 0.0526. The summed E-state index contributed by atoms with van der Waals surface area (Å²) in [5.74, 6) is -0.737. The number of nitrogens with one attached hydrogen (secondary N) is 1. The van der Waals surface area contributed by atoms with Crippen LogP contribution >= 0.6 is 15.9 Å². The van der Waals surface area contributed by atoms with Crippen molar-refractivity contribution >= 4 is 27.5 Å². The van der Waals surface area contributed by atoms with E-state index in [0.717, 1.165) is 4.47 Å². The van der Waals surface area contributed by atoms with E-state index in [4.69, 9.17) is 0 Å². The molecule has 0 fully saturated rings. The molecule has 1 heterocycles. The first kappa shape index (κ1) is 17.1. The summed E-state index contributed by atoms with van der Waals surface area (Å²) in [5, 5.41) is 2.76. The van der Waals surface area contributed by atoms with Gasteiger partial charge in [-0.05, 0) is 30.3 Å². The van der Waals surface area contributed by atoms with Crippen molar-refractivity contribution in [1.82, 2.24) is 4.57 Å². The van der Waals surface area contributed by atoms with Gasteiger partial charge in [-0.3, -0.25) is 9.59 Å². The van der Waals surface area contributed by atoms with Crippen molar-refractivity contribution in [3.05, 3.63) is 98.6 Å². The number of amides is 1. The van der Waals surface area contributed by atoms with Gasteiger partial charge in [0.05, 0.1) is 12.1 Å². The van der Waals surface area contributed by atoms with E-state index < -0.39 is 5.82 Å². The standard InChI is InChI=1S/C19H14BrFN2O2/c20-15-5-3-6-16(10-15)22-19(25)14-8-9-18(24)23(12-14)11-13-4-1-2-7-17(13)21/h1-10,12H,11H2,(H,22,25). The summed E-state index contributed by atoms with van der Waals surface area (Å²) in [6.45, 7) is 0.0590. The fourth-order valence-electron chi connectivity index (χ4n) is 2.37. The highest BCUT2D eigenvalue weighted by Gasteiger charge is 2.10. The Hall–Kier alpha value is -2.73. The minimum atomic E-state index is -0.390. The number of carbonyl (C=O) groups is 1. The van der Waals surface area contributed by atoms with Gasteiger partial charge in [-0.1, -0.05) is 40.2 Å². The van der Waals surface area contributed by atoms with Crippen molar-refractivity contribution in [3.63, 3.8) is 0 Å². The van der Waals surface area contributed by atoms with Crippen LogP contribution in [0.3, 0.4) is 0 Å². The van der Waals surface area contributed by atoms with Gasteiger partial charge in [0.1, 0.15) is 5.82 Å². The number of benzene rings is 2. The van der Waals surface area contributed by atoms with E-state index in [1.165, 1.54) is 29.0 Å². The molecule has 0 spiro atoms. The van der Waals surface area contributed by atoms with Crippen molar-refractivity contribution in [2.24, 2.45) is 0 Å². The number of halogens is 2. The molecule has 0 unspecified atom stereocenters. The molecule has 6 heteroatoms. The van der Waals surface area contributed by atoms with Gasteiger partial charge in [-0.15, -0.1) is 0 Å². The van der Waals surface area contributed by atoms with E-state index in [9.17, 15) is 14.0 Å². The summed E-state index contributed by atoms with van der Waals surface area (Å²) >= 11 is 3.34. The van der Waals surface area contributed by atoms with E-state index in [-0.39, 0.29) is 18.0 Å². The van der Waals surface area contributed by atoms with Gasteiger partial charge < -0.3 is 9.88 Å². The van der Waals surface area contributed by atoms with Gasteiger partial charge in [-0.2, -0.15) is 0 Å². The second-order valence-corrected chi connectivity index (χ2v) is 6.36. The van der Waals surface area contributed by atoms with Gasteiger partial charge in [0, 0.05) is 28.0 Å². The summed E-state index contributed by atoms with van der Waals surface area (Å²) in [5.41, 5.74) is 1.03. The normalized spacial score (nSPS) is 10.5. The molecule has 1 N–H and O–H groups in total. The van der Waals surface area contributed by atoms with Gasteiger partial charge in [0.15, 0.2) is 0 Å². The Morgan fingerprint density at radius 2 is 1.88 bits per heavy atom. The number of rotatable bonds is 4. The topological polar surface area (TPSA) is 51.1 Å². The van der Waals surface area contributed by atoms with Crippen LogP contribution in [0.4, 0.5) is 10.1 Å². The monoisotopic (exact) mass is 400 g/mol. The summed E-state index contributed by atoms with van der Waals surface area (Å²) < 4.78 is 15.9. The third-order valence-electron chi connectivity index (χ3n) is 3.63. The van der Waals surface area contributed by atoms with Crippen LogP contribution in [0.25, 0.3) is 0 Å². The molecule has 0 aliphatic heterocycles. The summed E-state index contributed by atoms with van der Waals surface area (Å²) in [6.07, 6.45) is 1.43. The molecule has 0 bridgehead atoms. The van der Waals surface area contributed by atoms with Crippen molar-refractivity contribution in [2.75, 3.05) is 5.32 Å². The Kier molecular flexibility index (Phi) is 5.09. The van der Waals surface area contributed by atoms with Crippen LogP contribution < -0.4 is 10.9 Å². The third kappa shape index (κ3) is 4.22. The number of carbonyl (C=O) groups excluding carboxylic acids is 1. The fourth-order valence-corrected chi connectivity index (χ4v) is 2.77. The zero-order valence-corrected chi connectivity index (χ0v) is 14.7. The van der Waals surface area contributed by atoms with Crippen LogP contribution in [0.2, 0.25) is 0 Å². The highest BCUT2D eigenvalue weighted by Crippen LogP contribution is 2.16. The van der Waals surface area contributed by atoms with Crippen molar-refractivity contribution in [1.29, 1.82) is 0 Å². The molecule has 126 valence electrons. The molecule has 0 saturated heterocycles. The molecule has 0 saturated carbocycles.